The largest absolute Gasteiger partial charge is 0.473 e. The lowest BCUT2D eigenvalue weighted by Gasteiger charge is -2.36. The highest BCUT2D eigenvalue weighted by Gasteiger charge is 2.85. The number of halogens is 8. The molecule has 184 valence electrons. The van der Waals surface area contributed by atoms with Gasteiger partial charge in [-0.1, -0.05) is 0 Å². The first-order valence-corrected chi connectivity index (χ1v) is 9.83. The molecule has 0 aromatic carbocycles. The number of hydrogen-bond donors (Lipinski definition) is 0. The van der Waals surface area contributed by atoms with Crippen LogP contribution >= 0.6 is 0 Å². The summed E-state index contributed by atoms with van der Waals surface area (Å²) in [7, 11) is 0. The van der Waals surface area contributed by atoms with Gasteiger partial charge < -0.3 is 18.9 Å². The molecular weight excluding hydrogens is 464 g/mol. The second-order valence-corrected chi connectivity index (χ2v) is 8.17. The van der Waals surface area contributed by atoms with Crippen molar-refractivity contribution >= 4 is 11.9 Å². The number of carbonyl (C=O) groups excluding carboxylic acids is 2. The van der Waals surface area contributed by atoms with E-state index in [1.807, 2.05) is 0 Å². The van der Waals surface area contributed by atoms with Crippen molar-refractivity contribution in [1.82, 2.24) is 0 Å². The maximum Gasteiger partial charge on any atom is 0.473 e. The average molecular weight is 484 g/mol. The van der Waals surface area contributed by atoms with Gasteiger partial charge in [0.25, 0.3) is 0 Å². The summed E-state index contributed by atoms with van der Waals surface area (Å²) in [6.45, 7) is 1.08. The quantitative estimate of drug-likeness (QED) is 0.310. The van der Waals surface area contributed by atoms with Crippen LogP contribution in [0.5, 0.6) is 0 Å². The molecule has 1 aliphatic carbocycles. The molecule has 14 heteroatoms. The number of hydrogen-bond acceptors (Lipinski definition) is 6. The molecule has 2 saturated heterocycles. The van der Waals surface area contributed by atoms with E-state index in [-0.39, 0.29) is 44.3 Å². The summed E-state index contributed by atoms with van der Waals surface area (Å²) in [5, 5.41) is 0. The van der Waals surface area contributed by atoms with Crippen molar-refractivity contribution < 1.29 is 63.7 Å². The summed E-state index contributed by atoms with van der Waals surface area (Å²) < 4.78 is 128. The van der Waals surface area contributed by atoms with Gasteiger partial charge in [-0.2, -0.15) is 35.1 Å². The van der Waals surface area contributed by atoms with E-state index in [4.69, 9.17) is 9.47 Å². The van der Waals surface area contributed by atoms with E-state index >= 15 is 0 Å². The molecule has 0 N–H and O–H groups in total. The Bertz CT molecular complexity index is 737. The standard InChI is InChI=1S/C18H20F8O6/c1-8-2-3-10(7-29-8)14(28)32-18(25,26)16(21,22)15(19,20)17(23,24)31-13(27)9-4-5-11-12(6-9)30-11/h8-12H,2-7H2,1H3. The Balaban J connectivity index is 1.68. The Morgan fingerprint density at radius 3 is 1.72 bits per heavy atom. The average Bonchev–Trinajstić information content (AvgIpc) is 3.46. The van der Waals surface area contributed by atoms with Gasteiger partial charge in [-0.25, -0.2) is 0 Å². The highest BCUT2D eigenvalue weighted by atomic mass is 19.4. The molecule has 3 fully saturated rings. The number of epoxide rings is 1. The Morgan fingerprint density at radius 1 is 0.750 bits per heavy atom. The van der Waals surface area contributed by atoms with Crippen LogP contribution in [-0.4, -0.2) is 60.9 Å². The SMILES string of the molecule is CC1CCC(C(=O)OC(F)(F)C(F)(F)C(F)(F)C(F)(F)OC(=O)C2CCC3OC3C2)CO1. The van der Waals surface area contributed by atoms with Crippen LogP contribution in [0, 0.1) is 11.8 Å². The lowest BCUT2D eigenvalue weighted by Crippen LogP contribution is -2.64. The Labute approximate surface area is 176 Å². The number of alkyl halides is 8. The molecule has 5 unspecified atom stereocenters. The second-order valence-electron chi connectivity index (χ2n) is 8.17. The van der Waals surface area contributed by atoms with Gasteiger partial charge in [0.1, 0.15) is 0 Å². The third kappa shape index (κ3) is 4.52. The van der Waals surface area contributed by atoms with Crippen LogP contribution < -0.4 is 0 Å². The van der Waals surface area contributed by atoms with Crippen molar-refractivity contribution in [3.8, 4) is 0 Å². The third-order valence-corrected chi connectivity index (χ3v) is 5.76. The highest BCUT2D eigenvalue weighted by Crippen LogP contribution is 2.54. The lowest BCUT2D eigenvalue weighted by atomic mass is 9.89. The number of rotatable bonds is 7. The van der Waals surface area contributed by atoms with E-state index in [1.165, 1.54) is 0 Å². The molecule has 3 aliphatic rings. The number of esters is 2. The van der Waals surface area contributed by atoms with E-state index in [2.05, 4.69) is 9.47 Å². The van der Waals surface area contributed by atoms with Gasteiger partial charge in [-0.15, -0.1) is 0 Å². The minimum Gasteiger partial charge on any atom is -0.396 e. The zero-order chi connectivity index (χ0) is 24.1. The van der Waals surface area contributed by atoms with Gasteiger partial charge in [0, 0.05) is 0 Å². The summed E-state index contributed by atoms with van der Waals surface area (Å²) in [5.41, 5.74) is 0. The van der Waals surface area contributed by atoms with Gasteiger partial charge in [0.2, 0.25) is 0 Å². The monoisotopic (exact) mass is 484 g/mol. The van der Waals surface area contributed by atoms with Gasteiger partial charge >= 0.3 is 36.0 Å². The predicted molar refractivity (Wildman–Crippen MR) is 86.1 cm³/mol. The molecule has 5 atom stereocenters. The zero-order valence-corrected chi connectivity index (χ0v) is 16.6. The van der Waals surface area contributed by atoms with E-state index in [0.29, 0.717) is 0 Å². The van der Waals surface area contributed by atoms with Gasteiger partial charge in [0.15, 0.2) is 0 Å². The van der Waals surface area contributed by atoms with Gasteiger partial charge in [0.05, 0.1) is 36.8 Å². The van der Waals surface area contributed by atoms with Crippen LogP contribution in [-0.2, 0) is 28.5 Å². The number of fused-ring (bicyclic) bond motifs is 1. The van der Waals surface area contributed by atoms with Gasteiger partial charge in [-0.05, 0) is 39.0 Å². The molecule has 1 saturated carbocycles. The topological polar surface area (TPSA) is 74.4 Å². The smallest absolute Gasteiger partial charge is 0.396 e. The number of carbonyl (C=O) groups is 2. The Kier molecular flexibility index (Phi) is 6.44. The fourth-order valence-electron chi connectivity index (χ4n) is 3.60. The first-order valence-electron chi connectivity index (χ1n) is 9.83. The Morgan fingerprint density at radius 2 is 1.25 bits per heavy atom. The normalized spacial score (nSPS) is 31.5. The molecule has 2 aliphatic heterocycles. The van der Waals surface area contributed by atoms with Gasteiger partial charge in [-0.3, -0.25) is 9.59 Å². The third-order valence-electron chi connectivity index (χ3n) is 5.76. The summed E-state index contributed by atoms with van der Waals surface area (Å²) >= 11 is 0. The van der Waals surface area contributed by atoms with Crippen LogP contribution in [0.3, 0.4) is 0 Å². The van der Waals surface area contributed by atoms with Crippen molar-refractivity contribution in [3.63, 3.8) is 0 Å². The molecular formula is C18H20F8O6. The molecule has 0 bridgehead atoms. The summed E-state index contributed by atoms with van der Waals surface area (Å²) in [6.07, 6.45) is -13.7. The first-order chi connectivity index (χ1) is 14.6. The van der Waals surface area contributed by atoms with Crippen molar-refractivity contribution in [2.45, 2.75) is 81.4 Å². The second kappa shape index (κ2) is 8.26. The Hall–Kier alpha value is -1.70. The number of ether oxygens (including phenoxy) is 4. The van der Waals surface area contributed by atoms with E-state index in [9.17, 15) is 44.7 Å². The molecule has 0 aromatic heterocycles. The summed E-state index contributed by atoms with van der Waals surface area (Å²) in [4.78, 5) is 23.5. The highest BCUT2D eigenvalue weighted by molar-refractivity contribution is 5.73. The first kappa shape index (κ1) is 24.9. The molecule has 32 heavy (non-hydrogen) atoms. The maximum absolute atomic E-state index is 13.9. The fourth-order valence-corrected chi connectivity index (χ4v) is 3.60. The van der Waals surface area contributed by atoms with Crippen molar-refractivity contribution in [1.29, 1.82) is 0 Å². The molecule has 0 amide bonds. The van der Waals surface area contributed by atoms with E-state index < -0.39 is 60.5 Å². The van der Waals surface area contributed by atoms with Crippen molar-refractivity contribution in [2.75, 3.05) is 6.61 Å². The summed E-state index contributed by atoms with van der Waals surface area (Å²) in [5.74, 6) is -20.6. The minimum absolute atomic E-state index is 0.0894. The van der Waals surface area contributed by atoms with E-state index in [0.717, 1.165) is 0 Å². The molecule has 0 aromatic rings. The minimum atomic E-state index is -6.92. The van der Waals surface area contributed by atoms with Crippen LogP contribution in [0.25, 0.3) is 0 Å². The molecule has 6 nitrogen and oxygen atoms in total. The van der Waals surface area contributed by atoms with Crippen LogP contribution in [0.15, 0.2) is 0 Å². The molecule has 0 spiro atoms. The molecule has 2 heterocycles. The maximum atomic E-state index is 13.9. The predicted octanol–water partition coefficient (Wildman–Crippen LogP) is 3.91. The van der Waals surface area contributed by atoms with Crippen LogP contribution in [0.2, 0.25) is 0 Å². The van der Waals surface area contributed by atoms with Crippen LogP contribution in [0.4, 0.5) is 35.1 Å². The molecule has 0 radical (unpaired) electrons. The summed E-state index contributed by atoms with van der Waals surface area (Å²) in [6, 6.07) is 0. The lowest BCUT2D eigenvalue weighted by molar-refractivity contribution is -0.449. The van der Waals surface area contributed by atoms with Crippen molar-refractivity contribution in [2.24, 2.45) is 11.8 Å². The van der Waals surface area contributed by atoms with Crippen molar-refractivity contribution in [3.05, 3.63) is 0 Å². The van der Waals surface area contributed by atoms with E-state index in [1.54, 1.807) is 6.92 Å². The fraction of sp³-hybridized carbons (Fsp3) is 0.889. The zero-order valence-electron chi connectivity index (χ0n) is 16.6. The van der Waals surface area contributed by atoms with Crippen LogP contribution in [0.1, 0.15) is 39.0 Å². The molecule has 3 rings (SSSR count).